The molecule has 2 heteroatoms. The van der Waals surface area contributed by atoms with Gasteiger partial charge in [-0.1, -0.05) is 50.5 Å². The van der Waals surface area contributed by atoms with Crippen molar-refractivity contribution in [2.24, 2.45) is 0 Å². The van der Waals surface area contributed by atoms with Crippen LogP contribution in [0.4, 0.5) is 0 Å². The van der Waals surface area contributed by atoms with Crippen LogP contribution in [-0.4, -0.2) is 4.98 Å². The Balaban J connectivity index is 1.90. The van der Waals surface area contributed by atoms with Crippen LogP contribution in [0.2, 0.25) is 0 Å². The Morgan fingerprint density at radius 2 is 1.88 bits per heavy atom. The van der Waals surface area contributed by atoms with E-state index >= 15 is 0 Å². The summed E-state index contributed by atoms with van der Waals surface area (Å²) in [6, 6.07) is 8.58. The highest BCUT2D eigenvalue weighted by Crippen LogP contribution is 2.19. The highest BCUT2D eigenvalue weighted by atomic mass is 16.3. The van der Waals surface area contributed by atoms with Crippen molar-refractivity contribution < 1.29 is 4.42 Å². The topological polar surface area (TPSA) is 26.0 Å². The number of oxazole rings is 1. The molecule has 1 aromatic carbocycles. The molecule has 0 aliphatic heterocycles. The van der Waals surface area contributed by atoms with E-state index in [2.05, 4.69) is 36.2 Å². The maximum atomic E-state index is 5.26. The Morgan fingerprint density at radius 3 is 2.53 bits per heavy atom. The predicted octanol–water partition coefficient (Wildman–Crippen LogP) is 4.46. The monoisotopic (exact) mass is 229 g/mol. The first-order valence-electron chi connectivity index (χ1n) is 6.38. The van der Waals surface area contributed by atoms with Crippen molar-refractivity contribution in [2.75, 3.05) is 0 Å². The third-order valence-electron chi connectivity index (χ3n) is 2.99. The van der Waals surface area contributed by atoms with Crippen LogP contribution < -0.4 is 0 Å². The summed E-state index contributed by atoms with van der Waals surface area (Å²) in [5.41, 5.74) is 2.50. The lowest BCUT2D eigenvalue weighted by molar-refractivity contribution is 0.572. The first-order chi connectivity index (χ1) is 8.40. The fraction of sp³-hybridized carbons (Fsp3) is 0.400. The number of rotatable bonds is 6. The molecular formula is C15H19NO. The maximum absolute atomic E-state index is 5.26. The number of nitrogens with zero attached hydrogens (tertiary/aromatic N) is 1. The second kappa shape index (κ2) is 6.24. The molecule has 1 heterocycles. The zero-order chi connectivity index (χ0) is 11.9. The highest BCUT2D eigenvalue weighted by Gasteiger charge is 2.00. The van der Waals surface area contributed by atoms with Gasteiger partial charge < -0.3 is 4.42 Å². The maximum Gasteiger partial charge on any atom is 0.181 e. The van der Waals surface area contributed by atoms with Crippen LogP contribution in [-0.2, 0) is 6.42 Å². The second-order valence-electron chi connectivity index (χ2n) is 4.37. The molecule has 0 spiro atoms. The van der Waals surface area contributed by atoms with Gasteiger partial charge in [-0.05, 0) is 18.4 Å². The number of unbranched alkanes of at least 4 members (excludes halogenated alkanes) is 3. The SMILES string of the molecule is CCCCCCc1ccc(-c2cnco2)cc1. The van der Waals surface area contributed by atoms with E-state index in [9.17, 15) is 0 Å². The quantitative estimate of drug-likeness (QED) is 0.683. The molecule has 0 atom stereocenters. The van der Waals surface area contributed by atoms with Crippen molar-refractivity contribution in [1.82, 2.24) is 4.98 Å². The Morgan fingerprint density at radius 1 is 1.06 bits per heavy atom. The normalized spacial score (nSPS) is 10.6. The first kappa shape index (κ1) is 11.9. The fourth-order valence-electron chi connectivity index (χ4n) is 1.95. The zero-order valence-electron chi connectivity index (χ0n) is 10.4. The molecule has 0 fully saturated rings. The third kappa shape index (κ3) is 3.45. The average molecular weight is 229 g/mol. The van der Waals surface area contributed by atoms with E-state index in [1.807, 2.05) is 0 Å². The van der Waals surface area contributed by atoms with Crippen molar-refractivity contribution in [2.45, 2.75) is 39.0 Å². The van der Waals surface area contributed by atoms with Gasteiger partial charge in [0.2, 0.25) is 0 Å². The fourth-order valence-corrected chi connectivity index (χ4v) is 1.95. The summed E-state index contributed by atoms with van der Waals surface area (Å²) in [6.45, 7) is 2.24. The minimum Gasteiger partial charge on any atom is -0.444 e. The number of aryl methyl sites for hydroxylation is 1. The smallest absolute Gasteiger partial charge is 0.181 e. The minimum absolute atomic E-state index is 0.836. The van der Waals surface area contributed by atoms with Crippen LogP contribution in [0.15, 0.2) is 41.3 Å². The summed E-state index contributed by atoms with van der Waals surface area (Å²) < 4.78 is 5.26. The van der Waals surface area contributed by atoms with Gasteiger partial charge in [0.05, 0.1) is 6.20 Å². The molecule has 0 radical (unpaired) electrons. The Bertz CT molecular complexity index is 417. The molecule has 2 rings (SSSR count). The van der Waals surface area contributed by atoms with Crippen LogP contribution in [0.25, 0.3) is 11.3 Å². The molecule has 0 aliphatic carbocycles. The molecule has 2 nitrogen and oxygen atoms in total. The minimum atomic E-state index is 0.836. The van der Waals surface area contributed by atoms with Crippen molar-refractivity contribution in [1.29, 1.82) is 0 Å². The molecule has 0 N–H and O–H groups in total. The van der Waals surface area contributed by atoms with Gasteiger partial charge in [0, 0.05) is 5.56 Å². The van der Waals surface area contributed by atoms with Crippen molar-refractivity contribution in [3.8, 4) is 11.3 Å². The number of hydrogen-bond acceptors (Lipinski definition) is 2. The Kier molecular flexibility index (Phi) is 4.37. The van der Waals surface area contributed by atoms with Gasteiger partial charge in [-0.15, -0.1) is 0 Å². The number of benzene rings is 1. The summed E-state index contributed by atoms with van der Waals surface area (Å²) in [5.74, 6) is 0.836. The van der Waals surface area contributed by atoms with Crippen LogP contribution in [0.3, 0.4) is 0 Å². The summed E-state index contributed by atoms with van der Waals surface area (Å²) in [5, 5.41) is 0. The summed E-state index contributed by atoms with van der Waals surface area (Å²) in [6.07, 6.45) is 9.65. The van der Waals surface area contributed by atoms with E-state index in [4.69, 9.17) is 4.42 Å². The Hall–Kier alpha value is -1.57. The predicted molar refractivity (Wildman–Crippen MR) is 69.8 cm³/mol. The lowest BCUT2D eigenvalue weighted by Crippen LogP contribution is -1.86. The molecule has 90 valence electrons. The van der Waals surface area contributed by atoms with Crippen LogP contribution >= 0.6 is 0 Å². The molecule has 0 saturated heterocycles. The third-order valence-corrected chi connectivity index (χ3v) is 2.99. The molecule has 17 heavy (non-hydrogen) atoms. The van der Waals surface area contributed by atoms with Gasteiger partial charge >= 0.3 is 0 Å². The average Bonchev–Trinajstić information content (AvgIpc) is 2.89. The molecule has 0 unspecified atom stereocenters. The van der Waals surface area contributed by atoms with Crippen molar-refractivity contribution in [3.63, 3.8) is 0 Å². The summed E-state index contributed by atoms with van der Waals surface area (Å²) in [4.78, 5) is 3.92. The second-order valence-corrected chi connectivity index (χ2v) is 4.37. The molecular weight excluding hydrogens is 210 g/mol. The van der Waals surface area contributed by atoms with Crippen LogP contribution in [0, 0.1) is 0 Å². The van der Waals surface area contributed by atoms with E-state index in [1.165, 1.54) is 44.1 Å². The van der Waals surface area contributed by atoms with Gasteiger partial charge in [0.1, 0.15) is 0 Å². The van der Waals surface area contributed by atoms with Crippen molar-refractivity contribution >= 4 is 0 Å². The summed E-state index contributed by atoms with van der Waals surface area (Å²) in [7, 11) is 0. The number of aromatic nitrogens is 1. The van der Waals surface area contributed by atoms with Gasteiger partial charge in [-0.3, -0.25) is 0 Å². The Labute approximate surface area is 103 Å². The van der Waals surface area contributed by atoms with E-state index < -0.39 is 0 Å². The number of hydrogen-bond donors (Lipinski definition) is 0. The van der Waals surface area contributed by atoms with Crippen LogP contribution in [0.5, 0.6) is 0 Å². The van der Waals surface area contributed by atoms with Gasteiger partial charge in [0.15, 0.2) is 12.2 Å². The molecule has 2 aromatic rings. The van der Waals surface area contributed by atoms with Gasteiger partial charge in [-0.2, -0.15) is 0 Å². The molecule has 1 aromatic heterocycles. The molecule has 0 bridgehead atoms. The van der Waals surface area contributed by atoms with Crippen molar-refractivity contribution in [3.05, 3.63) is 42.4 Å². The van der Waals surface area contributed by atoms with E-state index in [0.29, 0.717) is 0 Å². The largest absolute Gasteiger partial charge is 0.444 e. The highest BCUT2D eigenvalue weighted by molar-refractivity contribution is 5.56. The van der Waals surface area contributed by atoms with E-state index in [1.54, 1.807) is 6.20 Å². The lowest BCUT2D eigenvalue weighted by Gasteiger charge is -2.02. The van der Waals surface area contributed by atoms with Gasteiger partial charge in [0.25, 0.3) is 0 Å². The summed E-state index contributed by atoms with van der Waals surface area (Å²) >= 11 is 0. The van der Waals surface area contributed by atoms with E-state index in [-0.39, 0.29) is 0 Å². The van der Waals surface area contributed by atoms with E-state index in [0.717, 1.165) is 11.3 Å². The van der Waals surface area contributed by atoms with Gasteiger partial charge in [-0.25, -0.2) is 4.98 Å². The first-order valence-corrected chi connectivity index (χ1v) is 6.38. The molecule has 0 saturated carbocycles. The molecule has 0 amide bonds. The standard InChI is InChI=1S/C15H19NO/c1-2-3-4-5-6-13-7-9-14(10-8-13)15-11-16-12-17-15/h7-12H,2-6H2,1H3. The lowest BCUT2D eigenvalue weighted by atomic mass is 10.0. The van der Waals surface area contributed by atoms with Crippen LogP contribution in [0.1, 0.15) is 38.2 Å². The molecule has 0 aliphatic rings. The zero-order valence-corrected chi connectivity index (χ0v) is 10.4.